The Morgan fingerprint density at radius 2 is 1.82 bits per heavy atom. The molecule has 1 aliphatic heterocycles. The summed E-state index contributed by atoms with van der Waals surface area (Å²) in [5.41, 5.74) is -0.807. The van der Waals surface area contributed by atoms with Crippen LogP contribution in [0.3, 0.4) is 0 Å². The van der Waals surface area contributed by atoms with Gasteiger partial charge in [0, 0.05) is 19.2 Å². The van der Waals surface area contributed by atoms with E-state index in [4.69, 9.17) is 0 Å². The molecule has 0 N–H and O–H groups in total. The van der Waals surface area contributed by atoms with Gasteiger partial charge in [0.05, 0.1) is 6.33 Å². The zero-order chi connectivity index (χ0) is 15.5. The predicted molar refractivity (Wildman–Crippen MR) is 80.0 cm³/mol. The third-order valence-corrected chi connectivity index (χ3v) is 5.03. The molecular weight excluding hydrogens is 288 g/mol. The average Bonchev–Trinajstić information content (AvgIpc) is 2.46. The largest absolute Gasteiger partial charge is 0.303 e. The Labute approximate surface area is 129 Å². The van der Waals surface area contributed by atoms with Crippen LogP contribution in [0.15, 0.2) is 17.2 Å². The SMILES string of the molecule is O=c1cc(C(F)F)ncn1CC1CCN(CC2CCC2)CC1. The topological polar surface area (TPSA) is 38.1 Å². The van der Waals surface area contributed by atoms with Gasteiger partial charge in [0.25, 0.3) is 12.0 Å². The molecule has 0 radical (unpaired) electrons. The molecule has 1 aliphatic carbocycles. The Morgan fingerprint density at radius 1 is 1.14 bits per heavy atom. The maximum Gasteiger partial charge on any atom is 0.280 e. The molecule has 1 saturated carbocycles. The fourth-order valence-electron chi connectivity index (χ4n) is 3.37. The quantitative estimate of drug-likeness (QED) is 0.839. The number of piperidine rings is 1. The maximum absolute atomic E-state index is 12.5. The standard InChI is InChI=1S/C16H23F2N3O/c17-16(18)14-8-15(22)21(11-19-14)10-13-4-6-20(7-5-13)9-12-2-1-3-12/h8,11-13,16H,1-7,9-10H2. The Bertz CT molecular complexity index is 549. The Balaban J connectivity index is 1.51. The number of hydrogen-bond acceptors (Lipinski definition) is 3. The molecule has 4 nitrogen and oxygen atoms in total. The monoisotopic (exact) mass is 311 g/mol. The number of likely N-dealkylation sites (tertiary alicyclic amines) is 1. The molecule has 1 aromatic heterocycles. The molecule has 3 rings (SSSR count). The van der Waals surface area contributed by atoms with Crippen LogP contribution in [0.2, 0.25) is 0 Å². The van der Waals surface area contributed by atoms with E-state index in [2.05, 4.69) is 9.88 Å². The third-order valence-electron chi connectivity index (χ3n) is 5.03. The lowest BCUT2D eigenvalue weighted by Gasteiger charge is -2.37. The van der Waals surface area contributed by atoms with Crippen molar-refractivity contribution in [1.29, 1.82) is 0 Å². The summed E-state index contributed by atoms with van der Waals surface area (Å²) in [4.78, 5) is 18.1. The number of nitrogens with zero attached hydrogens (tertiary/aromatic N) is 3. The highest BCUT2D eigenvalue weighted by Gasteiger charge is 2.25. The first-order valence-electron chi connectivity index (χ1n) is 8.18. The van der Waals surface area contributed by atoms with Gasteiger partial charge in [-0.05, 0) is 50.6 Å². The average molecular weight is 311 g/mol. The molecule has 2 fully saturated rings. The molecule has 6 heteroatoms. The molecule has 22 heavy (non-hydrogen) atoms. The Morgan fingerprint density at radius 3 is 2.36 bits per heavy atom. The number of rotatable bonds is 5. The zero-order valence-corrected chi connectivity index (χ0v) is 12.8. The molecule has 0 spiro atoms. The van der Waals surface area contributed by atoms with Crippen molar-refractivity contribution in [3.05, 3.63) is 28.4 Å². The second-order valence-corrected chi connectivity index (χ2v) is 6.65. The van der Waals surface area contributed by atoms with Crippen molar-refractivity contribution in [2.24, 2.45) is 11.8 Å². The van der Waals surface area contributed by atoms with Gasteiger partial charge in [-0.1, -0.05) is 6.42 Å². The summed E-state index contributed by atoms with van der Waals surface area (Å²) in [7, 11) is 0. The summed E-state index contributed by atoms with van der Waals surface area (Å²) in [5, 5.41) is 0. The minimum absolute atomic E-state index is 0.373. The Kier molecular flexibility index (Phi) is 4.86. The van der Waals surface area contributed by atoms with E-state index in [9.17, 15) is 13.6 Å². The third kappa shape index (κ3) is 3.72. The van der Waals surface area contributed by atoms with E-state index in [0.29, 0.717) is 12.5 Å². The van der Waals surface area contributed by atoms with Crippen LogP contribution in [0.25, 0.3) is 0 Å². The van der Waals surface area contributed by atoms with Crippen LogP contribution in [-0.4, -0.2) is 34.1 Å². The van der Waals surface area contributed by atoms with Crippen LogP contribution in [0.5, 0.6) is 0 Å². The van der Waals surface area contributed by atoms with Gasteiger partial charge in [-0.25, -0.2) is 13.8 Å². The lowest BCUT2D eigenvalue weighted by Crippen LogP contribution is -2.40. The van der Waals surface area contributed by atoms with E-state index < -0.39 is 12.1 Å². The van der Waals surface area contributed by atoms with E-state index in [1.165, 1.54) is 36.7 Å². The highest BCUT2D eigenvalue weighted by molar-refractivity contribution is 5.00. The van der Waals surface area contributed by atoms with Gasteiger partial charge >= 0.3 is 0 Å². The van der Waals surface area contributed by atoms with Gasteiger partial charge in [-0.2, -0.15) is 0 Å². The first-order chi connectivity index (χ1) is 10.6. The van der Waals surface area contributed by atoms with Crippen molar-refractivity contribution in [2.75, 3.05) is 19.6 Å². The van der Waals surface area contributed by atoms with Crippen molar-refractivity contribution in [2.45, 2.75) is 45.1 Å². The smallest absolute Gasteiger partial charge is 0.280 e. The number of aromatic nitrogens is 2. The van der Waals surface area contributed by atoms with Crippen LogP contribution in [0, 0.1) is 11.8 Å². The number of alkyl halides is 2. The first-order valence-corrected chi connectivity index (χ1v) is 8.18. The summed E-state index contributed by atoms with van der Waals surface area (Å²) in [6.07, 6.45) is 4.84. The highest BCUT2D eigenvalue weighted by atomic mass is 19.3. The fraction of sp³-hybridized carbons (Fsp3) is 0.750. The minimum atomic E-state index is -2.68. The second kappa shape index (κ2) is 6.86. The molecule has 1 saturated heterocycles. The number of hydrogen-bond donors (Lipinski definition) is 0. The molecule has 0 bridgehead atoms. The van der Waals surface area contributed by atoms with E-state index in [1.807, 2.05) is 0 Å². The molecule has 2 aliphatic rings. The molecule has 0 amide bonds. The second-order valence-electron chi connectivity index (χ2n) is 6.65. The van der Waals surface area contributed by atoms with Crippen molar-refractivity contribution < 1.29 is 8.78 Å². The van der Waals surface area contributed by atoms with Gasteiger partial charge < -0.3 is 4.90 Å². The maximum atomic E-state index is 12.5. The number of halogens is 2. The van der Waals surface area contributed by atoms with E-state index in [0.717, 1.165) is 37.9 Å². The van der Waals surface area contributed by atoms with Crippen LogP contribution in [-0.2, 0) is 6.54 Å². The van der Waals surface area contributed by atoms with Crippen LogP contribution >= 0.6 is 0 Å². The summed E-state index contributed by atoms with van der Waals surface area (Å²) in [5.74, 6) is 1.33. The summed E-state index contributed by atoms with van der Waals surface area (Å²) >= 11 is 0. The van der Waals surface area contributed by atoms with Gasteiger partial charge in [-0.3, -0.25) is 9.36 Å². The summed E-state index contributed by atoms with van der Waals surface area (Å²) in [6.45, 7) is 3.97. The van der Waals surface area contributed by atoms with E-state index >= 15 is 0 Å². The molecule has 0 atom stereocenters. The highest BCUT2D eigenvalue weighted by Crippen LogP contribution is 2.29. The van der Waals surface area contributed by atoms with E-state index in [-0.39, 0.29) is 5.56 Å². The van der Waals surface area contributed by atoms with Crippen LogP contribution in [0.4, 0.5) is 8.78 Å². The summed E-state index contributed by atoms with van der Waals surface area (Å²) in [6, 6.07) is 0.955. The lowest BCUT2D eigenvalue weighted by atomic mass is 9.84. The molecule has 1 aromatic rings. The Hall–Kier alpha value is -1.30. The molecule has 0 unspecified atom stereocenters. The van der Waals surface area contributed by atoms with Crippen LogP contribution in [0.1, 0.15) is 44.2 Å². The van der Waals surface area contributed by atoms with Crippen LogP contribution < -0.4 is 5.56 Å². The van der Waals surface area contributed by atoms with Crippen molar-refractivity contribution in [3.8, 4) is 0 Å². The molecule has 0 aromatic carbocycles. The predicted octanol–water partition coefficient (Wildman–Crippen LogP) is 2.69. The normalized spacial score (nSPS) is 21.2. The fourth-order valence-corrected chi connectivity index (χ4v) is 3.37. The van der Waals surface area contributed by atoms with Crippen molar-refractivity contribution >= 4 is 0 Å². The van der Waals surface area contributed by atoms with Gasteiger partial charge in [0.1, 0.15) is 5.69 Å². The molecular formula is C16H23F2N3O. The van der Waals surface area contributed by atoms with Gasteiger partial charge in [-0.15, -0.1) is 0 Å². The molecule has 122 valence electrons. The van der Waals surface area contributed by atoms with Gasteiger partial charge in [0.15, 0.2) is 0 Å². The lowest BCUT2D eigenvalue weighted by molar-refractivity contribution is 0.125. The first kappa shape index (κ1) is 15.6. The summed E-state index contributed by atoms with van der Waals surface area (Å²) < 4.78 is 26.5. The van der Waals surface area contributed by atoms with Gasteiger partial charge in [0.2, 0.25) is 0 Å². The van der Waals surface area contributed by atoms with Crippen molar-refractivity contribution in [3.63, 3.8) is 0 Å². The van der Waals surface area contributed by atoms with E-state index in [1.54, 1.807) is 0 Å². The zero-order valence-electron chi connectivity index (χ0n) is 12.8. The molecule has 2 heterocycles. The van der Waals surface area contributed by atoms with Crippen molar-refractivity contribution in [1.82, 2.24) is 14.5 Å². The minimum Gasteiger partial charge on any atom is -0.303 e.